The number of rotatable bonds is 3. The standard InChI is InChI=1S/C8H16BF/c1-5(7(3)9)6(2)8(4)10/h5-8H,1-4H3/t5-,6?,7-,8?/m0/s1. The topological polar surface area (TPSA) is 0 Å². The molecule has 0 amide bonds. The Balaban J connectivity index is 3.81. The van der Waals surface area contributed by atoms with Crippen molar-refractivity contribution in [2.45, 2.75) is 39.7 Å². The fourth-order valence-electron chi connectivity index (χ4n) is 0.897. The van der Waals surface area contributed by atoms with Gasteiger partial charge in [0.05, 0.1) is 7.85 Å². The number of alkyl halides is 1. The van der Waals surface area contributed by atoms with Crippen molar-refractivity contribution < 1.29 is 4.39 Å². The molecule has 0 aliphatic carbocycles. The fourth-order valence-corrected chi connectivity index (χ4v) is 0.897. The van der Waals surface area contributed by atoms with Crippen LogP contribution in [0.4, 0.5) is 4.39 Å². The minimum atomic E-state index is -0.749. The first kappa shape index (κ1) is 9.99. The molecule has 0 aromatic carbocycles. The molecule has 0 heterocycles. The number of hydrogen-bond acceptors (Lipinski definition) is 0. The molecule has 2 radical (unpaired) electrons. The summed E-state index contributed by atoms with van der Waals surface area (Å²) in [5.41, 5.74) is 0. The molecule has 0 aliphatic rings. The Morgan fingerprint density at radius 3 is 1.50 bits per heavy atom. The Morgan fingerprint density at radius 1 is 1.00 bits per heavy atom. The Bertz CT molecular complexity index is 79.3. The molecular weight excluding hydrogens is 126 g/mol. The average molecular weight is 142 g/mol. The molecule has 4 atom stereocenters. The van der Waals surface area contributed by atoms with E-state index in [1.807, 2.05) is 20.8 Å². The summed E-state index contributed by atoms with van der Waals surface area (Å²) < 4.78 is 12.7. The maximum absolute atomic E-state index is 12.7. The highest BCUT2D eigenvalue weighted by Gasteiger charge is 2.20. The van der Waals surface area contributed by atoms with Gasteiger partial charge >= 0.3 is 0 Å². The van der Waals surface area contributed by atoms with Gasteiger partial charge in [0.1, 0.15) is 6.17 Å². The maximum atomic E-state index is 12.7. The highest BCUT2D eigenvalue weighted by atomic mass is 19.1. The lowest BCUT2D eigenvalue weighted by Crippen LogP contribution is -2.20. The zero-order valence-electron chi connectivity index (χ0n) is 7.26. The van der Waals surface area contributed by atoms with E-state index in [9.17, 15) is 4.39 Å². The van der Waals surface area contributed by atoms with Gasteiger partial charge in [-0.05, 0) is 18.8 Å². The Morgan fingerprint density at radius 2 is 1.40 bits per heavy atom. The van der Waals surface area contributed by atoms with Gasteiger partial charge in [-0.25, -0.2) is 4.39 Å². The van der Waals surface area contributed by atoms with E-state index >= 15 is 0 Å². The molecule has 10 heavy (non-hydrogen) atoms. The largest absolute Gasteiger partial charge is 0.247 e. The molecular formula is C8H16BF. The van der Waals surface area contributed by atoms with E-state index in [-0.39, 0.29) is 17.7 Å². The van der Waals surface area contributed by atoms with E-state index < -0.39 is 6.17 Å². The molecule has 0 fully saturated rings. The van der Waals surface area contributed by atoms with Crippen molar-refractivity contribution in [2.24, 2.45) is 11.8 Å². The normalized spacial score (nSPS) is 23.3. The van der Waals surface area contributed by atoms with Crippen molar-refractivity contribution in [2.75, 3.05) is 0 Å². The third-order valence-electron chi connectivity index (χ3n) is 2.38. The van der Waals surface area contributed by atoms with Crippen molar-refractivity contribution in [3.8, 4) is 0 Å². The summed E-state index contributed by atoms with van der Waals surface area (Å²) >= 11 is 0. The Labute approximate surface area is 64.6 Å². The predicted octanol–water partition coefficient (Wildman–Crippen LogP) is 2.59. The zero-order chi connectivity index (χ0) is 8.31. The number of hydrogen-bond donors (Lipinski definition) is 0. The summed E-state index contributed by atoms with van der Waals surface area (Å²) in [6, 6.07) is 0. The van der Waals surface area contributed by atoms with Crippen LogP contribution >= 0.6 is 0 Å². The van der Waals surface area contributed by atoms with Gasteiger partial charge < -0.3 is 0 Å². The van der Waals surface area contributed by atoms with Crippen LogP contribution in [0.1, 0.15) is 27.7 Å². The van der Waals surface area contributed by atoms with Crippen molar-refractivity contribution in [1.29, 1.82) is 0 Å². The van der Waals surface area contributed by atoms with E-state index in [4.69, 9.17) is 7.85 Å². The minimum absolute atomic E-state index is 0.0694. The second kappa shape index (κ2) is 4.00. The Kier molecular flexibility index (Phi) is 3.99. The van der Waals surface area contributed by atoms with Gasteiger partial charge in [-0.2, -0.15) is 0 Å². The van der Waals surface area contributed by atoms with E-state index in [0.29, 0.717) is 0 Å². The van der Waals surface area contributed by atoms with Crippen molar-refractivity contribution in [3.05, 3.63) is 0 Å². The second-order valence-electron chi connectivity index (χ2n) is 3.25. The van der Waals surface area contributed by atoms with Crippen molar-refractivity contribution in [1.82, 2.24) is 0 Å². The molecule has 0 N–H and O–H groups in total. The van der Waals surface area contributed by atoms with Gasteiger partial charge in [-0.1, -0.05) is 26.6 Å². The van der Waals surface area contributed by atoms with Crippen LogP contribution < -0.4 is 0 Å². The summed E-state index contributed by atoms with van der Waals surface area (Å²) in [5, 5.41) is 0. The third kappa shape index (κ3) is 2.72. The van der Waals surface area contributed by atoms with Crippen LogP contribution in [0, 0.1) is 11.8 Å². The summed E-state index contributed by atoms with van der Waals surface area (Å²) in [6.07, 6.45) is -0.749. The predicted molar refractivity (Wildman–Crippen MR) is 44.1 cm³/mol. The summed E-state index contributed by atoms with van der Waals surface area (Å²) in [4.78, 5) is 0. The average Bonchev–Trinajstić information content (AvgIpc) is 1.84. The van der Waals surface area contributed by atoms with Crippen LogP contribution in [0.2, 0.25) is 5.82 Å². The molecule has 0 nitrogen and oxygen atoms in total. The van der Waals surface area contributed by atoms with E-state index in [1.54, 1.807) is 6.92 Å². The molecule has 58 valence electrons. The zero-order valence-corrected chi connectivity index (χ0v) is 7.26. The van der Waals surface area contributed by atoms with Crippen LogP contribution in [-0.2, 0) is 0 Å². The van der Waals surface area contributed by atoms with E-state index in [2.05, 4.69) is 0 Å². The lowest BCUT2D eigenvalue weighted by atomic mass is 9.72. The number of halogens is 1. The molecule has 0 saturated heterocycles. The van der Waals surface area contributed by atoms with E-state index in [0.717, 1.165) is 0 Å². The van der Waals surface area contributed by atoms with Gasteiger partial charge in [-0.3, -0.25) is 0 Å². The maximum Gasteiger partial charge on any atom is 0.100 e. The van der Waals surface area contributed by atoms with Crippen molar-refractivity contribution in [3.63, 3.8) is 0 Å². The molecule has 0 spiro atoms. The molecule has 0 bridgehead atoms. The Hall–Kier alpha value is -0.00506. The van der Waals surface area contributed by atoms with Crippen LogP contribution in [0.3, 0.4) is 0 Å². The highest BCUT2D eigenvalue weighted by Crippen LogP contribution is 2.26. The van der Waals surface area contributed by atoms with Crippen molar-refractivity contribution >= 4 is 7.85 Å². The second-order valence-corrected chi connectivity index (χ2v) is 3.25. The van der Waals surface area contributed by atoms with Gasteiger partial charge in [-0.15, -0.1) is 0 Å². The lowest BCUT2D eigenvalue weighted by Gasteiger charge is -2.24. The minimum Gasteiger partial charge on any atom is -0.247 e. The molecule has 0 saturated carbocycles. The van der Waals surface area contributed by atoms with Gasteiger partial charge in [0.2, 0.25) is 0 Å². The summed E-state index contributed by atoms with van der Waals surface area (Å²) in [5.74, 6) is 0.424. The van der Waals surface area contributed by atoms with Gasteiger partial charge in [0.25, 0.3) is 0 Å². The first-order chi connectivity index (χ1) is 4.46. The SMILES string of the molecule is [B][C@@H](C)[C@@H](C)C(C)C(C)F. The third-order valence-corrected chi connectivity index (χ3v) is 2.38. The highest BCUT2D eigenvalue weighted by molar-refractivity contribution is 6.11. The molecule has 0 aromatic heterocycles. The smallest absolute Gasteiger partial charge is 0.100 e. The monoisotopic (exact) mass is 142 g/mol. The quantitative estimate of drug-likeness (QED) is 0.531. The molecule has 2 heteroatoms. The molecule has 0 aliphatic heterocycles. The van der Waals surface area contributed by atoms with Gasteiger partial charge in [0.15, 0.2) is 0 Å². The fraction of sp³-hybridized carbons (Fsp3) is 1.00. The first-order valence-electron chi connectivity index (χ1n) is 3.86. The van der Waals surface area contributed by atoms with Crippen LogP contribution in [0.5, 0.6) is 0 Å². The summed E-state index contributed by atoms with van der Waals surface area (Å²) in [7, 11) is 5.61. The van der Waals surface area contributed by atoms with Crippen LogP contribution in [0.25, 0.3) is 0 Å². The summed E-state index contributed by atoms with van der Waals surface area (Å²) in [6.45, 7) is 7.40. The molecule has 0 rings (SSSR count). The van der Waals surface area contributed by atoms with Crippen LogP contribution in [-0.4, -0.2) is 14.0 Å². The molecule has 0 aromatic rings. The molecule has 2 unspecified atom stereocenters. The van der Waals surface area contributed by atoms with Gasteiger partial charge in [0, 0.05) is 0 Å². The lowest BCUT2D eigenvalue weighted by molar-refractivity contribution is 0.202. The van der Waals surface area contributed by atoms with E-state index in [1.165, 1.54) is 0 Å². The van der Waals surface area contributed by atoms with Crippen LogP contribution in [0.15, 0.2) is 0 Å². The first-order valence-corrected chi connectivity index (χ1v) is 3.86.